The molecule has 0 bridgehead atoms. The quantitative estimate of drug-likeness (QED) is 0.473. The first kappa shape index (κ1) is 20.0. The van der Waals surface area contributed by atoms with Crippen LogP contribution in [0.1, 0.15) is 29.3 Å². The van der Waals surface area contributed by atoms with Gasteiger partial charge in [0.2, 0.25) is 5.91 Å². The molecule has 2 amide bonds. The smallest absolute Gasteiger partial charge is 0.271 e. The van der Waals surface area contributed by atoms with E-state index in [9.17, 15) is 9.59 Å². The fourth-order valence-electron chi connectivity index (χ4n) is 2.96. The van der Waals surface area contributed by atoms with Gasteiger partial charge in [-0.3, -0.25) is 9.59 Å². The predicted molar refractivity (Wildman–Crippen MR) is 117 cm³/mol. The van der Waals surface area contributed by atoms with E-state index < -0.39 is 0 Å². The van der Waals surface area contributed by atoms with Gasteiger partial charge in [-0.2, -0.15) is 5.10 Å². The minimum atomic E-state index is -0.294. The summed E-state index contributed by atoms with van der Waals surface area (Å²) < 4.78 is 0. The molecule has 0 fully saturated rings. The SMILES string of the molecule is C/C(CC(=O)Nc1ccccc1-c1ccccc1)=N\NC(=O)c1ccccc1C. The number of carbonyl (C=O) groups is 2. The third-order valence-electron chi connectivity index (χ3n) is 4.44. The largest absolute Gasteiger partial charge is 0.325 e. The lowest BCUT2D eigenvalue weighted by Gasteiger charge is -2.11. The first-order valence-electron chi connectivity index (χ1n) is 9.38. The topological polar surface area (TPSA) is 70.6 Å². The number of aryl methyl sites for hydroxylation is 1. The van der Waals surface area contributed by atoms with Crippen molar-refractivity contribution in [2.75, 3.05) is 5.32 Å². The Kier molecular flexibility index (Phi) is 6.53. The van der Waals surface area contributed by atoms with Crippen molar-refractivity contribution in [3.05, 3.63) is 90.0 Å². The molecule has 146 valence electrons. The van der Waals surface area contributed by atoms with Gasteiger partial charge in [0.1, 0.15) is 0 Å². The van der Waals surface area contributed by atoms with Gasteiger partial charge in [0.05, 0.1) is 6.42 Å². The molecule has 3 aromatic carbocycles. The molecule has 0 aliphatic rings. The van der Waals surface area contributed by atoms with Crippen molar-refractivity contribution in [1.82, 2.24) is 5.43 Å². The molecule has 0 saturated carbocycles. The highest BCUT2D eigenvalue weighted by atomic mass is 16.2. The maximum absolute atomic E-state index is 12.5. The number of hydrogen-bond donors (Lipinski definition) is 2. The zero-order chi connectivity index (χ0) is 20.6. The van der Waals surface area contributed by atoms with E-state index in [1.165, 1.54) is 0 Å². The van der Waals surface area contributed by atoms with Gasteiger partial charge in [0.15, 0.2) is 0 Å². The van der Waals surface area contributed by atoms with E-state index in [1.54, 1.807) is 19.1 Å². The molecule has 3 rings (SSSR count). The van der Waals surface area contributed by atoms with Crippen LogP contribution in [-0.4, -0.2) is 17.5 Å². The van der Waals surface area contributed by atoms with E-state index in [-0.39, 0.29) is 18.2 Å². The molecule has 2 N–H and O–H groups in total. The molecule has 5 heteroatoms. The van der Waals surface area contributed by atoms with Crippen LogP contribution in [0.15, 0.2) is 84.0 Å². The summed E-state index contributed by atoms with van der Waals surface area (Å²) in [6.07, 6.45) is 0.0805. The van der Waals surface area contributed by atoms with Gasteiger partial charge in [-0.15, -0.1) is 0 Å². The zero-order valence-corrected chi connectivity index (χ0v) is 16.5. The monoisotopic (exact) mass is 385 g/mol. The van der Waals surface area contributed by atoms with Gasteiger partial charge in [-0.25, -0.2) is 5.43 Å². The molecule has 0 aliphatic carbocycles. The number of para-hydroxylation sites is 1. The summed E-state index contributed by atoms with van der Waals surface area (Å²) >= 11 is 0. The van der Waals surface area contributed by atoms with Crippen molar-refractivity contribution in [2.24, 2.45) is 5.10 Å². The number of benzene rings is 3. The first-order valence-corrected chi connectivity index (χ1v) is 9.38. The van der Waals surface area contributed by atoms with Crippen LogP contribution in [0.2, 0.25) is 0 Å². The maximum Gasteiger partial charge on any atom is 0.271 e. The Morgan fingerprint density at radius 2 is 1.52 bits per heavy atom. The average Bonchev–Trinajstić information content (AvgIpc) is 2.73. The number of hydrogen-bond acceptors (Lipinski definition) is 3. The third kappa shape index (κ3) is 5.39. The molecule has 0 atom stereocenters. The van der Waals surface area contributed by atoms with E-state index >= 15 is 0 Å². The fourth-order valence-corrected chi connectivity index (χ4v) is 2.96. The summed E-state index contributed by atoms with van der Waals surface area (Å²) in [5, 5.41) is 7.00. The third-order valence-corrected chi connectivity index (χ3v) is 4.44. The van der Waals surface area contributed by atoms with Gasteiger partial charge < -0.3 is 5.32 Å². The molecule has 0 radical (unpaired) electrons. The van der Waals surface area contributed by atoms with Crippen molar-refractivity contribution in [2.45, 2.75) is 20.3 Å². The van der Waals surface area contributed by atoms with Gasteiger partial charge >= 0.3 is 0 Å². The molecule has 0 heterocycles. The second kappa shape index (κ2) is 9.46. The van der Waals surface area contributed by atoms with Crippen LogP contribution >= 0.6 is 0 Å². The van der Waals surface area contributed by atoms with Crippen molar-refractivity contribution in [3.63, 3.8) is 0 Å². The molecular weight excluding hydrogens is 362 g/mol. The van der Waals surface area contributed by atoms with Gasteiger partial charge in [0.25, 0.3) is 5.91 Å². The Labute approximate surface area is 170 Å². The van der Waals surface area contributed by atoms with Crippen LogP contribution in [-0.2, 0) is 4.79 Å². The van der Waals surface area contributed by atoms with E-state index in [2.05, 4.69) is 15.8 Å². The second-order valence-corrected chi connectivity index (χ2v) is 6.74. The molecular formula is C24H23N3O2. The Morgan fingerprint density at radius 1 is 0.862 bits per heavy atom. The molecule has 0 aliphatic heterocycles. The van der Waals surface area contributed by atoms with Crippen LogP contribution in [0.5, 0.6) is 0 Å². The standard InChI is InChI=1S/C24H23N3O2/c1-17-10-6-7-13-20(17)24(29)27-26-18(2)16-23(28)25-22-15-9-8-14-21(22)19-11-4-3-5-12-19/h3-15H,16H2,1-2H3,(H,25,28)(H,27,29)/b26-18+. The number of amides is 2. The Bertz CT molecular complexity index is 1040. The highest BCUT2D eigenvalue weighted by Gasteiger charge is 2.11. The van der Waals surface area contributed by atoms with E-state index in [1.807, 2.05) is 73.7 Å². The second-order valence-electron chi connectivity index (χ2n) is 6.74. The summed E-state index contributed by atoms with van der Waals surface area (Å²) in [6, 6.07) is 24.8. The molecule has 0 aromatic heterocycles. The Morgan fingerprint density at radius 3 is 2.28 bits per heavy atom. The van der Waals surface area contributed by atoms with E-state index in [0.717, 1.165) is 22.4 Å². The van der Waals surface area contributed by atoms with Crippen LogP contribution < -0.4 is 10.7 Å². The molecule has 29 heavy (non-hydrogen) atoms. The number of hydrazone groups is 1. The van der Waals surface area contributed by atoms with Crippen LogP contribution in [0.25, 0.3) is 11.1 Å². The molecule has 3 aromatic rings. The number of anilines is 1. The molecule has 5 nitrogen and oxygen atoms in total. The highest BCUT2D eigenvalue weighted by Crippen LogP contribution is 2.27. The molecule has 0 saturated heterocycles. The lowest BCUT2D eigenvalue weighted by molar-refractivity contribution is -0.115. The minimum Gasteiger partial charge on any atom is -0.325 e. The predicted octanol–water partition coefficient (Wildman–Crippen LogP) is 4.80. The molecule has 0 unspecified atom stereocenters. The molecule has 0 spiro atoms. The van der Waals surface area contributed by atoms with E-state index in [0.29, 0.717) is 11.3 Å². The van der Waals surface area contributed by atoms with Crippen LogP contribution in [0.3, 0.4) is 0 Å². The Hall–Kier alpha value is -3.73. The van der Waals surface area contributed by atoms with Crippen molar-refractivity contribution in [3.8, 4) is 11.1 Å². The lowest BCUT2D eigenvalue weighted by atomic mass is 10.0. The first-order chi connectivity index (χ1) is 14.0. The van der Waals surface area contributed by atoms with Gasteiger partial charge in [0, 0.05) is 22.5 Å². The number of nitrogens with one attached hydrogen (secondary N) is 2. The summed E-state index contributed by atoms with van der Waals surface area (Å²) in [6.45, 7) is 3.57. The lowest BCUT2D eigenvalue weighted by Crippen LogP contribution is -2.22. The number of carbonyl (C=O) groups excluding carboxylic acids is 2. The number of nitrogens with zero attached hydrogens (tertiary/aromatic N) is 1. The fraction of sp³-hybridized carbons (Fsp3) is 0.125. The minimum absolute atomic E-state index is 0.0805. The van der Waals surface area contributed by atoms with Crippen molar-refractivity contribution < 1.29 is 9.59 Å². The highest BCUT2D eigenvalue weighted by molar-refractivity contribution is 6.07. The number of rotatable bonds is 6. The van der Waals surface area contributed by atoms with Crippen LogP contribution in [0, 0.1) is 6.92 Å². The summed E-state index contributed by atoms with van der Waals surface area (Å²) in [4.78, 5) is 24.7. The zero-order valence-electron chi connectivity index (χ0n) is 16.5. The average molecular weight is 385 g/mol. The summed E-state index contributed by atoms with van der Waals surface area (Å²) in [7, 11) is 0. The Balaban J connectivity index is 1.63. The maximum atomic E-state index is 12.5. The van der Waals surface area contributed by atoms with E-state index in [4.69, 9.17) is 0 Å². The summed E-state index contributed by atoms with van der Waals surface area (Å²) in [5.74, 6) is -0.489. The van der Waals surface area contributed by atoms with Crippen LogP contribution in [0.4, 0.5) is 5.69 Å². The van der Waals surface area contributed by atoms with Crippen molar-refractivity contribution >= 4 is 23.2 Å². The van der Waals surface area contributed by atoms with Crippen molar-refractivity contribution in [1.29, 1.82) is 0 Å². The van der Waals surface area contributed by atoms with Gasteiger partial charge in [-0.05, 0) is 37.1 Å². The van der Waals surface area contributed by atoms with Gasteiger partial charge in [-0.1, -0.05) is 66.7 Å². The normalized spacial score (nSPS) is 11.0. The summed E-state index contributed by atoms with van der Waals surface area (Å²) in [5.41, 5.74) is 7.17.